The van der Waals surface area contributed by atoms with Crippen molar-refractivity contribution in [2.75, 3.05) is 46.8 Å². The molecule has 1 saturated heterocycles. The van der Waals surface area contributed by atoms with Crippen molar-refractivity contribution in [3.63, 3.8) is 0 Å². The van der Waals surface area contributed by atoms with E-state index >= 15 is 0 Å². The van der Waals surface area contributed by atoms with Gasteiger partial charge in [-0.25, -0.2) is 0 Å². The third-order valence-corrected chi connectivity index (χ3v) is 9.17. The van der Waals surface area contributed by atoms with Crippen LogP contribution in [-0.4, -0.2) is 90.4 Å². The molecular formula is C39H52N4O4. The molecule has 0 spiro atoms. The Labute approximate surface area is 281 Å². The number of hydrogen-bond donors (Lipinski definition) is 0. The zero-order valence-electron chi connectivity index (χ0n) is 28.5. The van der Waals surface area contributed by atoms with E-state index in [2.05, 4.69) is 28.1 Å². The highest BCUT2D eigenvalue weighted by Gasteiger charge is 2.23. The van der Waals surface area contributed by atoms with E-state index in [1.54, 1.807) is 11.9 Å². The van der Waals surface area contributed by atoms with Crippen molar-refractivity contribution in [2.45, 2.75) is 77.2 Å². The fraction of sp³-hybridized carbons (Fsp3) is 0.487. The Kier molecular flexibility index (Phi) is 14.4. The first-order chi connectivity index (χ1) is 22.8. The largest absolute Gasteiger partial charge is 0.462 e. The molecule has 0 unspecified atom stereocenters. The van der Waals surface area contributed by atoms with Gasteiger partial charge in [0.2, 0.25) is 5.91 Å². The van der Waals surface area contributed by atoms with Gasteiger partial charge in [0.25, 0.3) is 5.91 Å². The number of pyridine rings is 1. The van der Waals surface area contributed by atoms with Crippen molar-refractivity contribution in [3.8, 4) is 11.1 Å². The Morgan fingerprint density at radius 2 is 1.55 bits per heavy atom. The maximum atomic E-state index is 12.8. The van der Waals surface area contributed by atoms with Crippen molar-refractivity contribution in [2.24, 2.45) is 0 Å². The summed E-state index contributed by atoms with van der Waals surface area (Å²) >= 11 is 0. The number of ether oxygens (including phenoxy) is 1. The molecule has 0 N–H and O–H groups in total. The Morgan fingerprint density at radius 1 is 0.851 bits per heavy atom. The zero-order chi connectivity index (χ0) is 33.4. The molecule has 2 heterocycles. The lowest BCUT2D eigenvalue weighted by atomic mass is 9.98. The average molecular weight is 641 g/mol. The third kappa shape index (κ3) is 11.6. The quantitative estimate of drug-likeness (QED) is 0.125. The number of rotatable bonds is 17. The van der Waals surface area contributed by atoms with Gasteiger partial charge in [0, 0.05) is 59.4 Å². The van der Waals surface area contributed by atoms with E-state index in [1.165, 1.54) is 0 Å². The Bertz CT molecular complexity index is 1400. The van der Waals surface area contributed by atoms with Crippen molar-refractivity contribution in [3.05, 3.63) is 89.7 Å². The number of nitrogens with zero attached hydrogens (tertiary/aromatic N) is 4. The van der Waals surface area contributed by atoms with E-state index in [0.717, 1.165) is 93.3 Å². The lowest BCUT2D eigenvalue weighted by Gasteiger charge is -2.32. The number of likely N-dealkylation sites (N-methyl/N-ethyl adjacent to an activating group) is 1. The molecule has 0 bridgehead atoms. The van der Waals surface area contributed by atoms with Gasteiger partial charge in [-0.15, -0.1) is 0 Å². The van der Waals surface area contributed by atoms with E-state index in [0.29, 0.717) is 25.2 Å². The number of hydrogen-bond acceptors (Lipinski definition) is 6. The van der Waals surface area contributed by atoms with Gasteiger partial charge in [0.05, 0.1) is 6.42 Å². The van der Waals surface area contributed by atoms with Gasteiger partial charge in [0.15, 0.2) is 0 Å². The number of likely N-dealkylation sites (tertiary alicyclic amines) is 1. The lowest BCUT2D eigenvalue weighted by molar-refractivity contribution is -0.150. The molecule has 1 aromatic heterocycles. The van der Waals surface area contributed by atoms with Gasteiger partial charge in [-0.05, 0) is 67.3 Å². The molecule has 8 nitrogen and oxygen atoms in total. The van der Waals surface area contributed by atoms with Gasteiger partial charge < -0.3 is 19.4 Å². The Balaban J connectivity index is 1.04. The summed E-state index contributed by atoms with van der Waals surface area (Å²) in [5.74, 6) is -0.00952. The summed E-state index contributed by atoms with van der Waals surface area (Å²) in [5.41, 5.74) is 4.81. The highest BCUT2D eigenvalue weighted by atomic mass is 16.5. The van der Waals surface area contributed by atoms with Crippen LogP contribution in [0.5, 0.6) is 0 Å². The fourth-order valence-corrected chi connectivity index (χ4v) is 5.99. The summed E-state index contributed by atoms with van der Waals surface area (Å²) in [4.78, 5) is 47.9. The van der Waals surface area contributed by atoms with Crippen LogP contribution in [0.25, 0.3) is 11.1 Å². The number of piperidine rings is 1. The summed E-state index contributed by atoms with van der Waals surface area (Å²) in [7, 11) is 3.68. The summed E-state index contributed by atoms with van der Waals surface area (Å²) in [6, 6.07) is 22.0. The standard InChI is InChI=1S/C39H52N4O4/c1-4-41(2)39(46)36-22-21-31(30-40-36)15-9-6-5-7-12-20-37(44)42(3)27-28-43-25-23-34(24-26-43)47-38(45)29-33-18-13-14-19-35(33)32-16-10-8-11-17-32/h8,10-11,13-14,16-19,21-22,30,34H,4-7,9,12,15,20,23-29H2,1-3H3. The van der Waals surface area contributed by atoms with Gasteiger partial charge in [-0.1, -0.05) is 79.9 Å². The summed E-state index contributed by atoms with van der Waals surface area (Å²) in [6.07, 6.45) is 10.5. The monoisotopic (exact) mass is 640 g/mol. The second kappa shape index (κ2) is 18.9. The van der Waals surface area contributed by atoms with Crippen LogP contribution < -0.4 is 0 Å². The number of benzene rings is 2. The van der Waals surface area contributed by atoms with Gasteiger partial charge in [-0.3, -0.25) is 19.4 Å². The third-order valence-electron chi connectivity index (χ3n) is 9.17. The second-order valence-electron chi connectivity index (χ2n) is 12.7. The maximum absolute atomic E-state index is 12.8. The molecule has 0 aliphatic carbocycles. The molecule has 1 fully saturated rings. The highest BCUT2D eigenvalue weighted by molar-refractivity contribution is 5.92. The molecule has 0 atom stereocenters. The summed E-state index contributed by atoms with van der Waals surface area (Å²) < 4.78 is 5.88. The average Bonchev–Trinajstić information content (AvgIpc) is 3.10. The van der Waals surface area contributed by atoms with E-state index in [-0.39, 0.29) is 30.3 Å². The molecule has 47 heavy (non-hydrogen) atoms. The van der Waals surface area contributed by atoms with E-state index < -0.39 is 0 Å². The minimum Gasteiger partial charge on any atom is -0.462 e. The van der Waals surface area contributed by atoms with Crippen LogP contribution in [0.1, 0.15) is 79.9 Å². The molecule has 1 aliphatic heterocycles. The van der Waals surface area contributed by atoms with Gasteiger partial charge in [0.1, 0.15) is 11.8 Å². The molecule has 2 amide bonds. The minimum absolute atomic E-state index is 0.0447. The number of aryl methyl sites for hydroxylation is 1. The van der Waals surface area contributed by atoms with Crippen LogP contribution in [0.15, 0.2) is 72.9 Å². The molecule has 4 rings (SSSR count). The fourth-order valence-electron chi connectivity index (χ4n) is 5.99. The number of carbonyl (C=O) groups is 3. The molecular weight excluding hydrogens is 588 g/mol. The van der Waals surface area contributed by atoms with Crippen molar-refractivity contribution in [1.82, 2.24) is 19.7 Å². The van der Waals surface area contributed by atoms with Crippen molar-refractivity contribution in [1.29, 1.82) is 0 Å². The van der Waals surface area contributed by atoms with Crippen LogP contribution in [0.2, 0.25) is 0 Å². The Hall–Kier alpha value is -4.04. The first-order valence-corrected chi connectivity index (χ1v) is 17.3. The van der Waals surface area contributed by atoms with Crippen LogP contribution in [0.3, 0.4) is 0 Å². The van der Waals surface area contributed by atoms with Crippen LogP contribution in [0, 0.1) is 0 Å². The van der Waals surface area contributed by atoms with Crippen LogP contribution in [0.4, 0.5) is 0 Å². The topological polar surface area (TPSA) is 83.0 Å². The molecule has 8 heteroatoms. The normalized spacial score (nSPS) is 13.7. The number of unbranched alkanes of at least 4 members (excludes halogenated alkanes) is 4. The number of esters is 1. The van der Waals surface area contributed by atoms with Gasteiger partial charge >= 0.3 is 5.97 Å². The van der Waals surface area contributed by atoms with E-state index in [1.807, 2.05) is 73.6 Å². The number of carbonyl (C=O) groups excluding carboxylic acids is 3. The first-order valence-electron chi connectivity index (χ1n) is 17.3. The second-order valence-corrected chi connectivity index (χ2v) is 12.7. The number of aromatic nitrogens is 1. The SMILES string of the molecule is CCN(C)C(=O)c1ccc(CCCCCCCC(=O)N(C)CCN2CCC(OC(=O)Cc3ccccc3-c3ccccc3)CC2)cn1. The van der Waals surface area contributed by atoms with Gasteiger partial charge in [-0.2, -0.15) is 0 Å². The lowest BCUT2D eigenvalue weighted by Crippen LogP contribution is -2.42. The van der Waals surface area contributed by atoms with E-state index in [9.17, 15) is 14.4 Å². The smallest absolute Gasteiger partial charge is 0.310 e. The summed E-state index contributed by atoms with van der Waals surface area (Å²) in [5, 5.41) is 0. The predicted molar refractivity (Wildman–Crippen MR) is 187 cm³/mol. The minimum atomic E-state index is -0.172. The summed E-state index contributed by atoms with van der Waals surface area (Å²) in [6.45, 7) is 5.91. The predicted octanol–water partition coefficient (Wildman–Crippen LogP) is 6.43. The highest BCUT2D eigenvalue weighted by Crippen LogP contribution is 2.24. The molecule has 2 aromatic carbocycles. The molecule has 252 valence electrons. The molecule has 0 radical (unpaired) electrons. The molecule has 0 saturated carbocycles. The van der Waals surface area contributed by atoms with Crippen LogP contribution >= 0.6 is 0 Å². The maximum Gasteiger partial charge on any atom is 0.310 e. The molecule has 3 aromatic rings. The first kappa shape index (κ1) is 35.8. The Morgan fingerprint density at radius 3 is 2.28 bits per heavy atom. The zero-order valence-corrected chi connectivity index (χ0v) is 28.5. The van der Waals surface area contributed by atoms with Crippen molar-refractivity contribution < 1.29 is 19.1 Å². The van der Waals surface area contributed by atoms with Crippen molar-refractivity contribution >= 4 is 17.8 Å². The molecule has 1 aliphatic rings. The number of amides is 2. The van der Waals surface area contributed by atoms with Crippen LogP contribution in [-0.2, 0) is 27.2 Å². The van der Waals surface area contributed by atoms with E-state index in [4.69, 9.17) is 4.74 Å².